The van der Waals surface area contributed by atoms with E-state index in [9.17, 15) is 4.39 Å². The average Bonchev–Trinajstić information content (AvgIpc) is 3.02. The quantitative estimate of drug-likeness (QED) is 0.903. The molecule has 1 N–H and O–H groups in total. The SMILES string of the molecule is Fc1ccccc1Cc1noc([C@@H]2CCCN2)n1. The summed E-state index contributed by atoms with van der Waals surface area (Å²) in [5, 5.41) is 7.20. The maximum Gasteiger partial charge on any atom is 0.243 e. The van der Waals surface area contributed by atoms with Gasteiger partial charge in [0.15, 0.2) is 5.82 Å². The maximum atomic E-state index is 13.5. The number of halogens is 1. The molecule has 1 fully saturated rings. The van der Waals surface area contributed by atoms with E-state index in [-0.39, 0.29) is 11.9 Å². The monoisotopic (exact) mass is 247 g/mol. The molecule has 0 aliphatic carbocycles. The zero-order valence-electron chi connectivity index (χ0n) is 9.90. The lowest BCUT2D eigenvalue weighted by Crippen LogP contribution is -2.13. The van der Waals surface area contributed by atoms with Gasteiger partial charge in [0.1, 0.15) is 5.82 Å². The highest BCUT2D eigenvalue weighted by atomic mass is 19.1. The van der Waals surface area contributed by atoms with Crippen LogP contribution >= 0.6 is 0 Å². The van der Waals surface area contributed by atoms with Gasteiger partial charge in [0, 0.05) is 6.42 Å². The third-order valence-electron chi connectivity index (χ3n) is 3.15. The fourth-order valence-electron chi connectivity index (χ4n) is 2.19. The first-order valence-electron chi connectivity index (χ1n) is 6.12. The molecule has 1 atom stereocenters. The molecule has 94 valence electrons. The summed E-state index contributed by atoms with van der Waals surface area (Å²) in [4.78, 5) is 4.32. The molecular weight excluding hydrogens is 233 g/mol. The number of hydrogen-bond donors (Lipinski definition) is 1. The molecule has 0 radical (unpaired) electrons. The molecule has 5 heteroatoms. The molecule has 0 amide bonds. The van der Waals surface area contributed by atoms with Crippen LogP contribution in [0.15, 0.2) is 28.8 Å². The second-order valence-corrected chi connectivity index (χ2v) is 4.47. The molecular formula is C13H14FN3O. The van der Waals surface area contributed by atoms with Crippen molar-refractivity contribution in [2.24, 2.45) is 0 Å². The van der Waals surface area contributed by atoms with Crippen molar-refractivity contribution in [1.82, 2.24) is 15.5 Å². The topological polar surface area (TPSA) is 51.0 Å². The summed E-state index contributed by atoms with van der Waals surface area (Å²) in [6.07, 6.45) is 2.50. The second-order valence-electron chi connectivity index (χ2n) is 4.47. The highest BCUT2D eigenvalue weighted by molar-refractivity contribution is 5.20. The Kier molecular flexibility index (Phi) is 3.06. The lowest BCUT2D eigenvalue weighted by molar-refractivity contribution is 0.341. The van der Waals surface area contributed by atoms with Crippen molar-refractivity contribution >= 4 is 0 Å². The van der Waals surface area contributed by atoms with Gasteiger partial charge in [-0.2, -0.15) is 4.98 Å². The van der Waals surface area contributed by atoms with Crippen molar-refractivity contribution in [3.05, 3.63) is 47.4 Å². The van der Waals surface area contributed by atoms with Gasteiger partial charge in [-0.3, -0.25) is 0 Å². The fraction of sp³-hybridized carbons (Fsp3) is 0.385. The minimum atomic E-state index is -0.233. The molecule has 4 nitrogen and oxygen atoms in total. The van der Waals surface area contributed by atoms with E-state index in [4.69, 9.17) is 4.52 Å². The van der Waals surface area contributed by atoms with Crippen molar-refractivity contribution in [3.63, 3.8) is 0 Å². The predicted octanol–water partition coefficient (Wildman–Crippen LogP) is 2.22. The van der Waals surface area contributed by atoms with Crippen molar-refractivity contribution in [1.29, 1.82) is 0 Å². The van der Waals surface area contributed by atoms with E-state index in [1.165, 1.54) is 6.07 Å². The standard InChI is InChI=1S/C13H14FN3O/c14-10-5-2-1-4-9(10)8-12-16-13(18-17-12)11-6-3-7-15-11/h1-2,4-5,11,15H,3,6-8H2/t11-/m0/s1. The van der Waals surface area contributed by atoms with Crippen molar-refractivity contribution < 1.29 is 8.91 Å². The van der Waals surface area contributed by atoms with Crippen LogP contribution in [0.2, 0.25) is 0 Å². The van der Waals surface area contributed by atoms with Crippen LogP contribution in [0.1, 0.15) is 36.2 Å². The minimum absolute atomic E-state index is 0.159. The van der Waals surface area contributed by atoms with E-state index in [2.05, 4.69) is 15.5 Å². The van der Waals surface area contributed by atoms with E-state index in [1.54, 1.807) is 18.2 Å². The zero-order chi connectivity index (χ0) is 12.4. The summed E-state index contributed by atoms with van der Waals surface area (Å²) in [7, 11) is 0. The van der Waals surface area contributed by atoms with E-state index >= 15 is 0 Å². The highest BCUT2D eigenvalue weighted by Gasteiger charge is 2.22. The Morgan fingerprint density at radius 2 is 2.28 bits per heavy atom. The van der Waals surface area contributed by atoms with E-state index in [0.717, 1.165) is 19.4 Å². The molecule has 2 aromatic rings. The van der Waals surface area contributed by atoms with Gasteiger partial charge in [-0.05, 0) is 31.0 Å². The Bertz CT molecular complexity index is 535. The zero-order valence-corrected chi connectivity index (χ0v) is 9.90. The number of nitrogens with zero attached hydrogens (tertiary/aromatic N) is 2. The number of hydrogen-bond acceptors (Lipinski definition) is 4. The lowest BCUT2D eigenvalue weighted by Gasteiger charge is -2.01. The van der Waals surface area contributed by atoms with E-state index < -0.39 is 0 Å². The van der Waals surface area contributed by atoms with Gasteiger partial charge < -0.3 is 9.84 Å². The number of nitrogens with one attached hydrogen (secondary N) is 1. The molecule has 1 aromatic heterocycles. The molecule has 3 rings (SSSR count). The van der Waals surface area contributed by atoms with Gasteiger partial charge in [-0.15, -0.1) is 0 Å². The van der Waals surface area contributed by atoms with Crippen molar-refractivity contribution in [3.8, 4) is 0 Å². The molecule has 1 aliphatic rings. The summed E-state index contributed by atoms with van der Waals surface area (Å²) in [5.74, 6) is 0.908. The van der Waals surface area contributed by atoms with Gasteiger partial charge in [0.05, 0.1) is 6.04 Å². The van der Waals surface area contributed by atoms with Gasteiger partial charge in [-0.1, -0.05) is 23.4 Å². The molecule has 0 spiro atoms. The molecule has 1 saturated heterocycles. The summed E-state index contributed by atoms with van der Waals surface area (Å²) in [5.41, 5.74) is 0.587. The Balaban J connectivity index is 1.75. The summed E-state index contributed by atoms with van der Waals surface area (Å²) < 4.78 is 18.7. The van der Waals surface area contributed by atoms with Crippen LogP contribution in [0.3, 0.4) is 0 Å². The van der Waals surface area contributed by atoms with Crippen LogP contribution in [-0.4, -0.2) is 16.7 Å². The largest absolute Gasteiger partial charge is 0.338 e. The van der Waals surface area contributed by atoms with Crippen molar-refractivity contribution in [2.75, 3.05) is 6.54 Å². The van der Waals surface area contributed by atoms with Crippen LogP contribution in [0.4, 0.5) is 4.39 Å². The maximum absolute atomic E-state index is 13.5. The number of benzene rings is 1. The van der Waals surface area contributed by atoms with Crippen LogP contribution in [0.25, 0.3) is 0 Å². The second kappa shape index (κ2) is 4.86. The average molecular weight is 247 g/mol. The van der Waals surface area contributed by atoms with E-state index in [0.29, 0.717) is 23.7 Å². The molecule has 1 aromatic carbocycles. The molecule has 0 bridgehead atoms. The smallest absolute Gasteiger partial charge is 0.243 e. The number of rotatable bonds is 3. The Labute approximate surface area is 104 Å². The lowest BCUT2D eigenvalue weighted by atomic mass is 10.1. The molecule has 2 heterocycles. The van der Waals surface area contributed by atoms with Crippen LogP contribution in [0, 0.1) is 5.82 Å². The highest BCUT2D eigenvalue weighted by Crippen LogP contribution is 2.21. The Hall–Kier alpha value is -1.75. The first-order chi connectivity index (χ1) is 8.83. The third kappa shape index (κ3) is 2.26. The predicted molar refractivity (Wildman–Crippen MR) is 63.5 cm³/mol. The van der Waals surface area contributed by atoms with Crippen molar-refractivity contribution in [2.45, 2.75) is 25.3 Å². The Morgan fingerprint density at radius 1 is 1.39 bits per heavy atom. The number of aromatic nitrogens is 2. The third-order valence-corrected chi connectivity index (χ3v) is 3.15. The van der Waals surface area contributed by atoms with Gasteiger partial charge in [0.2, 0.25) is 5.89 Å². The Morgan fingerprint density at radius 3 is 3.06 bits per heavy atom. The first-order valence-corrected chi connectivity index (χ1v) is 6.12. The van der Waals surface area contributed by atoms with Gasteiger partial charge in [-0.25, -0.2) is 4.39 Å². The first kappa shape index (κ1) is 11.3. The molecule has 0 unspecified atom stereocenters. The van der Waals surface area contributed by atoms with E-state index in [1.807, 2.05) is 0 Å². The molecule has 18 heavy (non-hydrogen) atoms. The van der Waals surface area contributed by atoms with Crippen LogP contribution in [-0.2, 0) is 6.42 Å². The van der Waals surface area contributed by atoms with Crippen LogP contribution < -0.4 is 5.32 Å². The normalized spacial score (nSPS) is 19.3. The molecule has 1 aliphatic heterocycles. The molecule has 0 saturated carbocycles. The van der Waals surface area contributed by atoms with Gasteiger partial charge in [0.25, 0.3) is 0 Å². The summed E-state index contributed by atoms with van der Waals surface area (Å²) >= 11 is 0. The summed E-state index contributed by atoms with van der Waals surface area (Å²) in [6, 6.07) is 6.81. The summed E-state index contributed by atoms with van der Waals surface area (Å²) in [6.45, 7) is 0.982. The van der Waals surface area contributed by atoms with Crippen LogP contribution in [0.5, 0.6) is 0 Å². The van der Waals surface area contributed by atoms with Gasteiger partial charge >= 0.3 is 0 Å². The minimum Gasteiger partial charge on any atom is -0.338 e. The fourth-order valence-corrected chi connectivity index (χ4v) is 2.19.